The van der Waals surface area contributed by atoms with Crippen molar-refractivity contribution in [3.8, 4) is 34.4 Å². The number of imidazole rings is 1. The molecular weight excluding hydrogens is 984 g/mol. The van der Waals surface area contributed by atoms with E-state index >= 15 is 0 Å². The van der Waals surface area contributed by atoms with Gasteiger partial charge in [0.25, 0.3) is 0 Å². The van der Waals surface area contributed by atoms with Crippen molar-refractivity contribution >= 4 is 71.0 Å². The van der Waals surface area contributed by atoms with Gasteiger partial charge in [-0.05, 0) is 62.3 Å². The number of rotatable bonds is 5. The third-order valence-corrected chi connectivity index (χ3v) is 16.0. The zero-order valence-electron chi connectivity index (χ0n) is 35.5. The molecule has 8 heteroatoms. The summed E-state index contributed by atoms with van der Waals surface area (Å²) in [7, 11) is 0. The third kappa shape index (κ3) is 8.17. The number of thiophene rings is 1. The molecule has 0 fully saturated rings. The summed E-state index contributed by atoms with van der Waals surface area (Å²) in [5.74, 6) is 6.89. The van der Waals surface area contributed by atoms with Crippen LogP contribution in [0.15, 0.2) is 121 Å². The molecule has 0 unspecified atom stereocenters. The van der Waals surface area contributed by atoms with Crippen molar-refractivity contribution in [2.45, 2.75) is 63.2 Å². The molecule has 0 aliphatic heterocycles. The first-order valence-corrected chi connectivity index (χ1v) is 27.6. The smallest absolute Gasteiger partial charge is 0 e. The maximum Gasteiger partial charge on any atom is 0 e. The molecule has 1 radical (unpaired) electrons. The van der Waals surface area contributed by atoms with Crippen molar-refractivity contribution < 1.29 is 25.9 Å². The molecule has 0 spiro atoms. The van der Waals surface area contributed by atoms with Crippen LogP contribution in [-0.4, -0.2) is 27.8 Å². The number of aromatic nitrogens is 3. The maximum atomic E-state index is 14.2. The quantitative estimate of drug-likeness (QED) is 0.127. The van der Waals surface area contributed by atoms with Gasteiger partial charge in [-0.15, -0.1) is 12.1 Å². The molecule has 0 saturated heterocycles. The number of fused-ring (bicyclic) bond motifs is 6. The van der Waals surface area contributed by atoms with Crippen LogP contribution in [0, 0.1) is 29.3 Å². The Labute approximate surface area is 367 Å². The fourth-order valence-electron chi connectivity index (χ4n) is 7.57. The fourth-order valence-corrected chi connectivity index (χ4v) is 12.1. The molecule has 3 aromatic heterocycles. The molecule has 4 nitrogen and oxygen atoms in total. The van der Waals surface area contributed by atoms with Gasteiger partial charge in [0.2, 0.25) is 0 Å². The number of benzene rings is 6. The molecule has 0 atom stereocenters. The molecule has 9 aromatic rings. The van der Waals surface area contributed by atoms with E-state index in [4.69, 9.17) is 6.35 Å². The SMILES string of the molecule is CC(C)(C)c1ccc(-n2c(-c3[c-]cc(C#N)c4c3sc3cc(F)ccc34)nc3c4ccccc4ccc32)cc1.[2H]C(C)(C)c1cc(-c2[c-]cccc2)nc[c]1[Ge]([CH3])([CH3])[CH3].[Ir]. The number of pyridine rings is 1. The number of hydrogen-bond acceptors (Lipinski definition) is 4. The Hall–Kier alpha value is -4.97. The summed E-state index contributed by atoms with van der Waals surface area (Å²) < 4.78 is 27.8. The van der Waals surface area contributed by atoms with Crippen molar-refractivity contribution in [3.05, 3.63) is 156 Å². The van der Waals surface area contributed by atoms with Crippen LogP contribution < -0.4 is 4.40 Å². The summed E-state index contributed by atoms with van der Waals surface area (Å²) in [6.07, 6.45) is 2.00. The van der Waals surface area contributed by atoms with Crippen molar-refractivity contribution in [2.24, 2.45) is 0 Å². The second-order valence-corrected chi connectivity index (χ2v) is 28.6. The first-order valence-electron chi connectivity index (χ1n) is 20.0. The van der Waals surface area contributed by atoms with Crippen LogP contribution in [0.5, 0.6) is 0 Å². The van der Waals surface area contributed by atoms with E-state index in [2.05, 4.69) is 120 Å². The largest absolute Gasteiger partial charge is 0 e. The van der Waals surface area contributed by atoms with Crippen LogP contribution in [0.1, 0.15) is 58.6 Å². The van der Waals surface area contributed by atoms with Gasteiger partial charge in [-0.2, -0.15) is 11.3 Å². The van der Waals surface area contributed by atoms with Gasteiger partial charge >= 0.3 is 120 Å². The second kappa shape index (κ2) is 16.6. The normalized spacial score (nSPS) is 12.2. The van der Waals surface area contributed by atoms with Gasteiger partial charge in [-0.25, -0.2) is 9.65 Å². The molecule has 9 rings (SSSR count). The Bertz CT molecular complexity index is 3080. The molecule has 0 N–H and O–H groups in total. The maximum absolute atomic E-state index is 14.2. The van der Waals surface area contributed by atoms with Gasteiger partial charge in [0.05, 0.1) is 16.9 Å². The van der Waals surface area contributed by atoms with E-state index < -0.39 is 19.2 Å². The zero-order chi connectivity index (χ0) is 41.9. The molecule has 0 aliphatic rings. The molecule has 0 bridgehead atoms. The molecule has 0 saturated carbocycles. The summed E-state index contributed by atoms with van der Waals surface area (Å²) in [6.45, 7) is 10.5. The number of nitriles is 1. The fraction of sp³-hybridized carbons (Fsp3) is 0.196. The van der Waals surface area contributed by atoms with Crippen molar-refractivity contribution in [3.63, 3.8) is 0 Å². The Balaban J connectivity index is 0.000000220. The van der Waals surface area contributed by atoms with Gasteiger partial charge < -0.3 is 4.57 Å². The molecular formula is C51H45FGeIrN4S-2. The Morgan fingerprint density at radius 2 is 1.64 bits per heavy atom. The standard InChI is InChI=1S/C34H23FN3S.C17H22GeN.Ir/c1-34(2,3)22-10-13-24(14-11-22)38-28-17-9-20-6-4-5-7-25(20)31(28)37-33(38)27-15-8-21(19-36)30-26-16-12-23(35)18-29(26)39-32(27)30;1-13(2)15-11-17(14-9-7-6-8-10-14)19-12-16(15)18(3,4)5;/h4-14,16-18H,1-3H3;6-9,11-13H,1-5H3;/q2*-1;/i;13D;. The molecule has 297 valence electrons. The van der Waals surface area contributed by atoms with Crippen LogP contribution in [0.2, 0.25) is 17.3 Å². The predicted octanol–water partition coefficient (Wildman–Crippen LogP) is 13.5. The first kappa shape index (κ1) is 40.8. The van der Waals surface area contributed by atoms with Crippen LogP contribution in [0.25, 0.3) is 70.3 Å². The van der Waals surface area contributed by atoms with E-state index in [0.717, 1.165) is 75.9 Å². The van der Waals surface area contributed by atoms with E-state index in [1.165, 1.54) is 33.4 Å². The van der Waals surface area contributed by atoms with Gasteiger partial charge in [-0.3, -0.25) is 4.98 Å². The minimum atomic E-state index is -2.03. The summed E-state index contributed by atoms with van der Waals surface area (Å²) >= 11 is -0.551. The van der Waals surface area contributed by atoms with Crippen LogP contribution >= 0.6 is 11.3 Å². The zero-order valence-corrected chi connectivity index (χ0v) is 39.8. The van der Waals surface area contributed by atoms with Gasteiger partial charge in [0.1, 0.15) is 5.82 Å². The minimum absolute atomic E-state index is 0. The number of nitrogens with zero attached hydrogens (tertiary/aromatic N) is 4. The summed E-state index contributed by atoms with van der Waals surface area (Å²) in [5.41, 5.74) is 8.52. The Morgan fingerprint density at radius 1 is 0.898 bits per heavy atom. The number of halogens is 1. The van der Waals surface area contributed by atoms with Gasteiger partial charge in [0, 0.05) is 41.9 Å². The summed E-state index contributed by atoms with van der Waals surface area (Å²) in [6, 6.07) is 46.5. The molecule has 3 heterocycles. The van der Waals surface area contributed by atoms with Crippen LogP contribution in [0.4, 0.5) is 4.39 Å². The molecule has 59 heavy (non-hydrogen) atoms. The Morgan fingerprint density at radius 3 is 2.32 bits per heavy atom. The van der Waals surface area contributed by atoms with Crippen molar-refractivity contribution in [1.29, 1.82) is 5.26 Å². The monoisotopic (exact) mass is 1030 g/mol. The van der Waals surface area contributed by atoms with E-state index in [-0.39, 0.29) is 31.3 Å². The minimum Gasteiger partial charge on any atom is 0 e. The summed E-state index contributed by atoms with van der Waals surface area (Å²) in [4.78, 5) is 9.86. The molecule has 0 amide bonds. The average Bonchev–Trinajstić information content (AvgIpc) is 3.79. The third-order valence-electron chi connectivity index (χ3n) is 10.6. The van der Waals surface area contributed by atoms with Gasteiger partial charge in [0.15, 0.2) is 0 Å². The average molecular weight is 1030 g/mol. The van der Waals surface area contributed by atoms with E-state index in [1.54, 1.807) is 12.1 Å². The van der Waals surface area contributed by atoms with E-state index in [9.17, 15) is 9.65 Å². The van der Waals surface area contributed by atoms with Crippen LogP contribution in [0.3, 0.4) is 0 Å². The Kier molecular flexibility index (Phi) is 11.5. The van der Waals surface area contributed by atoms with Crippen molar-refractivity contribution in [1.82, 2.24) is 14.5 Å². The topological polar surface area (TPSA) is 54.5 Å². The van der Waals surface area contributed by atoms with E-state index in [1.807, 2.05) is 56.4 Å². The van der Waals surface area contributed by atoms with E-state index in [0.29, 0.717) is 5.56 Å². The molecule has 0 aliphatic carbocycles. The predicted molar refractivity (Wildman–Crippen MR) is 245 cm³/mol. The second-order valence-electron chi connectivity index (χ2n) is 17.0. The number of hydrogen-bond donors (Lipinski definition) is 0. The van der Waals surface area contributed by atoms with Crippen molar-refractivity contribution in [2.75, 3.05) is 0 Å². The van der Waals surface area contributed by atoms with Gasteiger partial charge in [-0.1, -0.05) is 80.3 Å². The first-order chi connectivity index (χ1) is 28.0. The summed E-state index contributed by atoms with van der Waals surface area (Å²) in [5, 5.41) is 13.8. The van der Waals surface area contributed by atoms with Crippen LogP contribution in [-0.2, 0) is 25.5 Å². The molecule has 6 aromatic carbocycles.